The van der Waals surface area contributed by atoms with Crippen LogP contribution in [0, 0.1) is 0 Å². The zero-order valence-electron chi connectivity index (χ0n) is 11.8. The Morgan fingerprint density at radius 1 is 1.43 bits per heavy atom. The van der Waals surface area contributed by atoms with Gasteiger partial charge in [-0.15, -0.1) is 0 Å². The van der Waals surface area contributed by atoms with Crippen LogP contribution in [0.2, 0.25) is 0 Å². The number of carbonyl (C=O) groups is 1. The van der Waals surface area contributed by atoms with E-state index < -0.39 is 36.9 Å². The van der Waals surface area contributed by atoms with Gasteiger partial charge in [0.15, 0.2) is 5.03 Å². The van der Waals surface area contributed by atoms with Crippen LogP contribution in [-0.2, 0) is 24.6 Å². The van der Waals surface area contributed by atoms with Gasteiger partial charge < -0.3 is 4.74 Å². The monoisotopic (exact) mass is 339 g/mol. The minimum atomic E-state index is -4.12. The molecule has 1 aromatic heterocycles. The van der Waals surface area contributed by atoms with E-state index in [1.165, 1.54) is 6.92 Å². The minimum Gasteiger partial charge on any atom is -0.462 e. The summed E-state index contributed by atoms with van der Waals surface area (Å²) in [4.78, 5) is 11.6. The molecule has 120 valence electrons. The van der Waals surface area contributed by atoms with Crippen molar-refractivity contribution in [1.29, 1.82) is 0 Å². The molecule has 0 fully saturated rings. The Bertz CT molecular complexity index is 707. The summed E-state index contributed by atoms with van der Waals surface area (Å²) < 4.78 is 53.4. The maximum Gasteiger partial charge on any atom is 0.342 e. The molecule has 0 aliphatic carbocycles. The number of aromatic nitrogens is 2. The van der Waals surface area contributed by atoms with Gasteiger partial charge in [0.2, 0.25) is 0 Å². The molecule has 1 atom stereocenters. The summed E-state index contributed by atoms with van der Waals surface area (Å²) in [6.45, 7) is 3.07. The summed E-state index contributed by atoms with van der Waals surface area (Å²) in [6, 6.07) is -0.858. The minimum absolute atomic E-state index is 0.0847. The van der Waals surface area contributed by atoms with Crippen LogP contribution in [0.15, 0.2) is 11.2 Å². The van der Waals surface area contributed by atoms with Gasteiger partial charge in [0.05, 0.1) is 18.6 Å². The van der Waals surface area contributed by atoms with Crippen molar-refractivity contribution in [2.24, 2.45) is 0 Å². The fraction of sp³-hybridized carbons (Fsp3) is 0.600. The number of ether oxygens (including phenoxy) is 1. The first-order valence-electron chi connectivity index (χ1n) is 5.97. The largest absolute Gasteiger partial charge is 0.462 e. The van der Waals surface area contributed by atoms with Gasteiger partial charge in [-0.25, -0.2) is 26.4 Å². The van der Waals surface area contributed by atoms with Gasteiger partial charge in [0.1, 0.15) is 15.4 Å². The van der Waals surface area contributed by atoms with Crippen LogP contribution in [-0.4, -0.2) is 57.7 Å². The first kappa shape index (κ1) is 17.6. The zero-order valence-corrected chi connectivity index (χ0v) is 13.4. The first-order chi connectivity index (χ1) is 9.57. The Morgan fingerprint density at radius 3 is 2.57 bits per heavy atom. The number of sulfonamides is 1. The van der Waals surface area contributed by atoms with E-state index in [1.807, 2.05) is 0 Å². The van der Waals surface area contributed by atoms with E-state index in [0.717, 1.165) is 12.5 Å². The molecule has 1 rings (SSSR count). The molecule has 0 aliphatic heterocycles. The van der Waals surface area contributed by atoms with Crippen LogP contribution >= 0.6 is 0 Å². The molecule has 11 heteroatoms. The lowest BCUT2D eigenvalue weighted by Crippen LogP contribution is -2.38. The fourth-order valence-electron chi connectivity index (χ4n) is 1.65. The van der Waals surface area contributed by atoms with Crippen molar-refractivity contribution in [3.8, 4) is 0 Å². The Hall–Kier alpha value is -1.46. The highest BCUT2D eigenvalue weighted by Gasteiger charge is 2.28. The molecule has 0 amide bonds. The van der Waals surface area contributed by atoms with E-state index in [-0.39, 0.29) is 17.9 Å². The average Bonchev–Trinajstić information content (AvgIpc) is 2.74. The predicted octanol–water partition coefficient (Wildman–Crippen LogP) is -0.702. The van der Waals surface area contributed by atoms with Gasteiger partial charge in [-0.1, -0.05) is 0 Å². The van der Waals surface area contributed by atoms with Crippen LogP contribution in [0.3, 0.4) is 0 Å². The third-order valence-corrected chi connectivity index (χ3v) is 4.94. The second-order valence-electron chi connectivity index (χ2n) is 4.45. The molecular weight excluding hydrogens is 322 g/mol. The van der Waals surface area contributed by atoms with E-state index in [2.05, 4.69) is 14.9 Å². The Kier molecular flexibility index (Phi) is 5.48. The number of nitrogens with one attached hydrogen (secondary N) is 2. The number of H-pyrrole nitrogens is 1. The number of rotatable bonds is 7. The van der Waals surface area contributed by atoms with Crippen molar-refractivity contribution in [3.63, 3.8) is 0 Å². The molecule has 0 aliphatic rings. The molecule has 21 heavy (non-hydrogen) atoms. The predicted molar refractivity (Wildman–Crippen MR) is 74.0 cm³/mol. The molecule has 1 aromatic rings. The number of carbonyl (C=O) groups excluding carboxylic acids is 1. The number of hydrogen-bond donors (Lipinski definition) is 2. The first-order valence-corrected chi connectivity index (χ1v) is 9.51. The van der Waals surface area contributed by atoms with Gasteiger partial charge in [0.25, 0.3) is 10.0 Å². The summed E-state index contributed by atoms with van der Waals surface area (Å²) in [5.41, 5.74) is -0.240. The third-order valence-electron chi connectivity index (χ3n) is 2.28. The topological polar surface area (TPSA) is 135 Å². The Balaban J connectivity index is 2.99. The van der Waals surface area contributed by atoms with Crippen molar-refractivity contribution in [2.75, 3.05) is 18.6 Å². The molecule has 0 spiro atoms. The van der Waals surface area contributed by atoms with Crippen LogP contribution in [0.1, 0.15) is 24.2 Å². The number of sulfone groups is 1. The third kappa shape index (κ3) is 5.10. The quantitative estimate of drug-likeness (QED) is 0.627. The SMILES string of the molecule is CCOC(=O)c1cn[nH]c1S(=O)(=O)NC(C)CS(C)(=O)=O. The summed E-state index contributed by atoms with van der Waals surface area (Å²) >= 11 is 0. The summed E-state index contributed by atoms with van der Waals surface area (Å²) in [6.07, 6.45) is 2.03. The van der Waals surface area contributed by atoms with Crippen molar-refractivity contribution in [3.05, 3.63) is 11.8 Å². The second kappa shape index (κ2) is 6.54. The summed E-state index contributed by atoms with van der Waals surface area (Å²) in [7, 11) is -7.46. The molecule has 1 heterocycles. The van der Waals surface area contributed by atoms with E-state index in [9.17, 15) is 21.6 Å². The highest BCUT2D eigenvalue weighted by atomic mass is 32.2. The van der Waals surface area contributed by atoms with Gasteiger partial charge in [-0.3, -0.25) is 5.10 Å². The van der Waals surface area contributed by atoms with Crippen LogP contribution < -0.4 is 4.72 Å². The van der Waals surface area contributed by atoms with Gasteiger partial charge in [0, 0.05) is 12.3 Å². The molecule has 2 N–H and O–H groups in total. The zero-order chi connectivity index (χ0) is 16.3. The van der Waals surface area contributed by atoms with Gasteiger partial charge in [-0.05, 0) is 13.8 Å². The molecule has 0 bridgehead atoms. The fourth-order valence-corrected chi connectivity index (χ4v) is 4.07. The highest BCUT2D eigenvalue weighted by Crippen LogP contribution is 2.13. The maximum atomic E-state index is 12.1. The number of hydrogen-bond acceptors (Lipinski definition) is 7. The molecule has 9 nitrogen and oxygen atoms in total. The van der Waals surface area contributed by atoms with E-state index in [4.69, 9.17) is 4.74 Å². The highest BCUT2D eigenvalue weighted by molar-refractivity contribution is 7.91. The maximum absolute atomic E-state index is 12.1. The lowest BCUT2D eigenvalue weighted by molar-refractivity contribution is 0.0521. The summed E-state index contributed by atoms with van der Waals surface area (Å²) in [5, 5.41) is 5.26. The molecular formula is C10H17N3O6S2. The Morgan fingerprint density at radius 2 is 2.05 bits per heavy atom. The van der Waals surface area contributed by atoms with Crippen LogP contribution in [0.4, 0.5) is 0 Å². The number of nitrogens with zero attached hydrogens (tertiary/aromatic N) is 1. The second-order valence-corrected chi connectivity index (χ2v) is 8.28. The van der Waals surface area contributed by atoms with Crippen molar-refractivity contribution < 1.29 is 26.4 Å². The Labute approximate surface area is 123 Å². The molecule has 1 unspecified atom stereocenters. The van der Waals surface area contributed by atoms with Crippen molar-refractivity contribution in [2.45, 2.75) is 24.9 Å². The lowest BCUT2D eigenvalue weighted by atomic mass is 10.4. The number of esters is 1. The molecule has 0 saturated carbocycles. The molecule has 0 aromatic carbocycles. The smallest absolute Gasteiger partial charge is 0.342 e. The average molecular weight is 339 g/mol. The molecule has 0 radical (unpaired) electrons. The van der Waals surface area contributed by atoms with Gasteiger partial charge in [-0.2, -0.15) is 5.10 Å². The lowest BCUT2D eigenvalue weighted by Gasteiger charge is -2.12. The van der Waals surface area contributed by atoms with E-state index in [0.29, 0.717) is 0 Å². The normalized spacial score (nSPS) is 13.9. The molecule has 0 saturated heterocycles. The van der Waals surface area contributed by atoms with Crippen molar-refractivity contribution in [1.82, 2.24) is 14.9 Å². The van der Waals surface area contributed by atoms with E-state index in [1.54, 1.807) is 6.92 Å². The summed E-state index contributed by atoms with van der Waals surface area (Å²) in [5.74, 6) is -1.20. The van der Waals surface area contributed by atoms with Gasteiger partial charge >= 0.3 is 5.97 Å². The standard InChI is InChI=1S/C10H17N3O6S2/c1-4-19-10(14)8-5-11-12-9(8)21(17,18)13-7(2)6-20(3,15)16/h5,7,13H,4,6H2,1-3H3,(H,11,12). The van der Waals surface area contributed by atoms with Crippen molar-refractivity contribution >= 4 is 25.8 Å². The van der Waals surface area contributed by atoms with Crippen LogP contribution in [0.25, 0.3) is 0 Å². The van der Waals surface area contributed by atoms with Crippen LogP contribution in [0.5, 0.6) is 0 Å². The van der Waals surface area contributed by atoms with E-state index >= 15 is 0 Å². The number of aromatic amines is 1.